The number of hydrogen-bond donors (Lipinski definition) is 2. The lowest BCUT2D eigenvalue weighted by molar-refractivity contribution is 0.313. The molecule has 0 aromatic heterocycles. The minimum absolute atomic E-state index is 0.117. The summed E-state index contributed by atoms with van der Waals surface area (Å²) in [7, 11) is 1.63. The topological polar surface area (TPSA) is 63.1 Å². The standard InChI is InChI=1S/C25H25FN2O3/c1-3-31-23-9-5-8-20(24(23)29)22-15-21(17-6-4-7-19(14-17)30-2)27-25(28-22)16-10-12-18(26)13-11-16/h4-14,22,25,28-29H,3,15H2,1-2H3/t22-,25+/m0/s1. The fraction of sp³-hybridized carbons (Fsp3) is 0.240. The first-order valence-electron chi connectivity index (χ1n) is 10.3. The van der Waals surface area contributed by atoms with Gasteiger partial charge in [-0.3, -0.25) is 10.3 Å². The number of nitrogens with zero attached hydrogens (tertiary/aromatic N) is 1. The molecule has 1 heterocycles. The lowest BCUT2D eigenvalue weighted by Crippen LogP contribution is -2.33. The van der Waals surface area contributed by atoms with E-state index in [1.807, 2.05) is 43.3 Å². The summed E-state index contributed by atoms with van der Waals surface area (Å²) < 4.78 is 24.4. The zero-order valence-electron chi connectivity index (χ0n) is 17.5. The molecule has 0 fully saturated rings. The van der Waals surface area contributed by atoms with E-state index < -0.39 is 6.17 Å². The van der Waals surface area contributed by atoms with Crippen LogP contribution < -0.4 is 14.8 Å². The van der Waals surface area contributed by atoms with Crippen LogP contribution in [-0.2, 0) is 0 Å². The number of nitrogens with one attached hydrogen (secondary N) is 1. The van der Waals surface area contributed by atoms with Gasteiger partial charge in [0.15, 0.2) is 11.5 Å². The summed E-state index contributed by atoms with van der Waals surface area (Å²) in [5.74, 6) is 1.02. The van der Waals surface area contributed by atoms with Gasteiger partial charge in [0.05, 0.1) is 13.7 Å². The molecule has 2 atom stereocenters. The van der Waals surface area contributed by atoms with Crippen LogP contribution in [0, 0.1) is 5.82 Å². The summed E-state index contributed by atoms with van der Waals surface area (Å²) in [5, 5.41) is 14.3. The Hall–Kier alpha value is -3.38. The lowest BCUT2D eigenvalue weighted by atomic mass is 9.93. The van der Waals surface area contributed by atoms with E-state index in [0.29, 0.717) is 18.8 Å². The van der Waals surface area contributed by atoms with Crippen molar-refractivity contribution in [1.82, 2.24) is 5.32 Å². The van der Waals surface area contributed by atoms with E-state index in [1.165, 1.54) is 12.1 Å². The van der Waals surface area contributed by atoms with Crippen molar-refractivity contribution in [2.24, 2.45) is 4.99 Å². The summed E-state index contributed by atoms with van der Waals surface area (Å²) in [6.45, 7) is 2.34. The van der Waals surface area contributed by atoms with Gasteiger partial charge >= 0.3 is 0 Å². The average Bonchev–Trinajstić information content (AvgIpc) is 2.81. The highest BCUT2D eigenvalue weighted by Crippen LogP contribution is 2.39. The van der Waals surface area contributed by atoms with Crippen LogP contribution in [-0.4, -0.2) is 24.5 Å². The van der Waals surface area contributed by atoms with Crippen LogP contribution in [0.1, 0.15) is 42.2 Å². The van der Waals surface area contributed by atoms with Crippen molar-refractivity contribution in [2.45, 2.75) is 25.6 Å². The van der Waals surface area contributed by atoms with Crippen LogP contribution in [0.5, 0.6) is 17.2 Å². The first-order chi connectivity index (χ1) is 15.1. The Morgan fingerprint density at radius 2 is 1.87 bits per heavy atom. The van der Waals surface area contributed by atoms with E-state index in [4.69, 9.17) is 14.5 Å². The number of benzene rings is 3. The molecule has 3 aromatic carbocycles. The number of phenolic OH excluding ortho intramolecular Hbond substituents is 1. The van der Waals surface area contributed by atoms with E-state index in [1.54, 1.807) is 25.3 Å². The molecule has 160 valence electrons. The fourth-order valence-corrected chi connectivity index (χ4v) is 3.79. The van der Waals surface area contributed by atoms with Crippen molar-refractivity contribution < 1.29 is 19.0 Å². The summed E-state index contributed by atoms with van der Waals surface area (Å²) in [6.07, 6.45) is 0.171. The second-order valence-corrected chi connectivity index (χ2v) is 7.31. The quantitative estimate of drug-likeness (QED) is 0.578. The SMILES string of the molecule is CCOc1cccc([C@@H]2CC(c3cccc(OC)c3)=N[C@@H](c3ccc(F)cc3)N2)c1O. The second-order valence-electron chi connectivity index (χ2n) is 7.31. The van der Waals surface area contributed by atoms with E-state index in [-0.39, 0.29) is 17.6 Å². The Kier molecular flexibility index (Phi) is 6.18. The highest BCUT2D eigenvalue weighted by molar-refractivity contribution is 6.02. The van der Waals surface area contributed by atoms with Gasteiger partial charge in [-0.05, 0) is 48.4 Å². The monoisotopic (exact) mass is 420 g/mol. The number of methoxy groups -OCH3 is 1. The van der Waals surface area contributed by atoms with Gasteiger partial charge in [-0.25, -0.2) is 4.39 Å². The number of hydrogen-bond acceptors (Lipinski definition) is 5. The summed E-state index contributed by atoms with van der Waals surface area (Å²) >= 11 is 0. The van der Waals surface area contributed by atoms with Crippen molar-refractivity contribution in [1.29, 1.82) is 0 Å². The third kappa shape index (κ3) is 4.54. The third-order valence-corrected chi connectivity index (χ3v) is 5.34. The third-order valence-electron chi connectivity index (χ3n) is 5.34. The zero-order chi connectivity index (χ0) is 21.8. The molecule has 6 heteroatoms. The van der Waals surface area contributed by atoms with Crippen molar-refractivity contribution in [3.05, 3.63) is 89.2 Å². The minimum Gasteiger partial charge on any atom is -0.504 e. The van der Waals surface area contributed by atoms with Gasteiger partial charge in [-0.1, -0.05) is 36.4 Å². The van der Waals surface area contributed by atoms with Gasteiger partial charge in [0.1, 0.15) is 17.7 Å². The number of ether oxygens (including phenoxy) is 2. The molecule has 0 unspecified atom stereocenters. The number of halogens is 1. The van der Waals surface area contributed by atoms with Gasteiger partial charge < -0.3 is 14.6 Å². The van der Waals surface area contributed by atoms with Crippen molar-refractivity contribution in [3.63, 3.8) is 0 Å². The predicted octanol–water partition coefficient (Wildman–Crippen LogP) is 5.16. The molecule has 1 aliphatic heterocycles. The van der Waals surface area contributed by atoms with Crippen LogP contribution in [0.15, 0.2) is 71.7 Å². The zero-order valence-corrected chi connectivity index (χ0v) is 17.5. The molecule has 1 aliphatic rings. The van der Waals surface area contributed by atoms with Crippen LogP contribution in [0.2, 0.25) is 0 Å². The molecule has 4 rings (SSSR count). The molecule has 0 aliphatic carbocycles. The maximum absolute atomic E-state index is 13.5. The van der Waals surface area contributed by atoms with E-state index in [9.17, 15) is 9.50 Å². The predicted molar refractivity (Wildman–Crippen MR) is 118 cm³/mol. The highest BCUT2D eigenvalue weighted by atomic mass is 19.1. The average molecular weight is 420 g/mol. The van der Waals surface area contributed by atoms with E-state index in [2.05, 4.69) is 5.32 Å². The van der Waals surface area contributed by atoms with Gasteiger partial charge in [-0.15, -0.1) is 0 Å². The Labute approximate surface area is 181 Å². The maximum atomic E-state index is 13.5. The van der Waals surface area contributed by atoms with Gasteiger partial charge in [0.2, 0.25) is 0 Å². The number of para-hydroxylation sites is 1. The van der Waals surface area contributed by atoms with Crippen molar-refractivity contribution in [3.8, 4) is 17.2 Å². The van der Waals surface area contributed by atoms with Crippen LogP contribution in [0.25, 0.3) is 0 Å². The molecule has 3 aromatic rings. The van der Waals surface area contributed by atoms with Crippen molar-refractivity contribution in [2.75, 3.05) is 13.7 Å². The Balaban J connectivity index is 1.75. The molecular weight excluding hydrogens is 395 g/mol. The first-order valence-corrected chi connectivity index (χ1v) is 10.3. The summed E-state index contributed by atoms with van der Waals surface area (Å²) in [6, 6.07) is 19.3. The molecule has 0 saturated heterocycles. The number of aliphatic imine (C=N–C) groups is 1. The normalized spacial score (nSPS) is 18.4. The molecule has 0 radical (unpaired) electrons. The summed E-state index contributed by atoms with van der Waals surface area (Å²) in [5.41, 5.74) is 3.39. The van der Waals surface area contributed by atoms with Crippen LogP contribution >= 0.6 is 0 Å². The van der Waals surface area contributed by atoms with E-state index >= 15 is 0 Å². The van der Waals surface area contributed by atoms with Gasteiger partial charge in [0.25, 0.3) is 0 Å². The lowest BCUT2D eigenvalue weighted by Gasteiger charge is -2.31. The van der Waals surface area contributed by atoms with Gasteiger partial charge in [-0.2, -0.15) is 0 Å². The summed E-state index contributed by atoms with van der Waals surface area (Å²) in [4.78, 5) is 4.91. The molecule has 5 nitrogen and oxygen atoms in total. The maximum Gasteiger partial charge on any atom is 0.162 e. The van der Waals surface area contributed by atoms with Crippen LogP contribution in [0.3, 0.4) is 0 Å². The molecule has 2 N–H and O–H groups in total. The fourth-order valence-electron chi connectivity index (χ4n) is 3.79. The Morgan fingerprint density at radius 1 is 1.10 bits per heavy atom. The molecule has 0 saturated carbocycles. The second kappa shape index (κ2) is 9.18. The Morgan fingerprint density at radius 3 is 2.61 bits per heavy atom. The molecule has 31 heavy (non-hydrogen) atoms. The van der Waals surface area contributed by atoms with Crippen LogP contribution in [0.4, 0.5) is 4.39 Å². The number of aromatic hydroxyl groups is 1. The highest BCUT2D eigenvalue weighted by Gasteiger charge is 2.28. The molecular formula is C25H25FN2O3. The molecule has 0 amide bonds. The van der Waals surface area contributed by atoms with E-state index in [0.717, 1.165) is 28.2 Å². The molecule has 0 spiro atoms. The largest absolute Gasteiger partial charge is 0.504 e. The smallest absolute Gasteiger partial charge is 0.162 e. The minimum atomic E-state index is -0.393. The van der Waals surface area contributed by atoms with Crippen molar-refractivity contribution >= 4 is 5.71 Å². The number of rotatable bonds is 6. The molecule has 0 bridgehead atoms. The van der Waals surface area contributed by atoms with Gasteiger partial charge in [0, 0.05) is 23.7 Å². The number of phenols is 1. The Bertz CT molecular complexity index is 1080. The first kappa shape index (κ1) is 20.9.